The maximum Gasteiger partial charge on any atom is 0.270 e. The molecule has 33 heavy (non-hydrogen) atoms. The molecule has 2 aromatic rings. The van der Waals surface area contributed by atoms with Gasteiger partial charge in [0.05, 0.1) is 17.2 Å². The molecule has 0 atom stereocenters. The Labute approximate surface area is 211 Å². The molecule has 0 aromatic heterocycles. The standard InChI is InChI=1S/C24H23BrN2O4S2/c1-2-30-20-13-16(5-10-19(20)31-15-22(28)26-11-3-4-12-26)14-21-23(29)27(24(32)33-21)18-8-6-17(25)7-9-18/h5-10,13-14H,2-4,11-12,15H2,1H3/b21-14-. The van der Waals surface area contributed by atoms with E-state index in [9.17, 15) is 9.59 Å². The number of hydrogen-bond donors (Lipinski definition) is 0. The lowest BCUT2D eigenvalue weighted by Gasteiger charge is -2.17. The summed E-state index contributed by atoms with van der Waals surface area (Å²) in [6.07, 6.45) is 3.87. The number of thioether (sulfide) groups is 1. The second kappa shape index (κ2) is 10.7. The number of benzene rings is 2. The molecule has 4 rings (SSSR count). The van der Waals surface area contributed by atoms with Crippen LogP contribution in [0, 0.1) is 0 Å². The van der Waals surface area contributed by atoms with Gasteiger partial charge in [-0.3, -0.25) is 14.5 Å². The minimum absolute atomic E-state index is 0.0179. The molecule has 2 fully saturated rings. The zero-order chi connectivity index (χ0) is 23.4. The van der Waals surface area contributed by atoms with Crippen molar-refractivity contribution in [3.63, 3.8) is 0 Å². The summed E-state index contributed by atoms with van der Waals surface area (Å²) < 4.78 is 12.9. The van der Waals surface area contributed by atoms with E-state index in [1.165, 1.54) is 16.7 Å². The van der Waals surface area contributed by atoms with Crippen molar-refractivity contribution in [2.75, 3.05) is 31.2 Å². The summed E-state index contributed by atoms with van der Waals surface area (Å²) in [6.45, 7) is 3.89. The molecule has 2 aliphatic heterocycles. The van der Waals surface area contributed by atoms with Crippen molar-refractivity contribution in [1.29, 1.82) is 0 Å². The van der Waals surface area contributed by atoms with Crippen molar-refractivity contribution in [3.8, 4) is 11.5 Å². The quantitative estimate of drug-likeness (QED) is 0.349. The molecular weight excluding hydrogens is 524 g/mol. The Morgan fingerprint density at radius 1 is 1.12 bits per heavy atom. The highest BCUT2D eigenvalue weighted by atomic mass is 79.9. The Balaban J connectivity index is 1.50. The summed E-state index contributed by atoms with van der Waals surface area (Å²) in [7, 11) is 0. The fourth-order valence-electron chi connectivity index (χ4n) is 3.63. The average molecular weight is 547 g/mol. The number of carbonyl (C=O) groups excluding carboxylic acids is 2. The van der Waals surface area contributed by atoms with E-state index in [1.54, 1.807) is 12.1 Å². The van der Waals surface area contributed by atoms with Crippen LogP contribution in [0.2, 0.25) is 0 Å². The average Bonchev–Trinajstić information content (AvgIpc) is 3.43. The molecule has 0 radical (unpaired) electrons. The lowest BCUT2D eigenvalue weighted by molar-refractivity contribution is -0.132. The van der Waals surface area contributed by atoms with Crippen LogP contribution in [0.3, 0.4) is 0 Å². The number of hydrogen-bond acceptors (Lipinski definition) is 6. The van der Waals surface area contributed by atoms with E-state index in [0.29, 0.717) is 27.3 Å². The maximum atomic E-state index is 13.0. The second-order valence-corrected chi connectivity index (χ2v) is 10.1. The molecular formula is C24H23BrN2O4S2. The minimum Gasteiger partial charge on any atom is -0.490 e. The number of amides is 2. The predicted molar refractivity (Wildman–Crippen MR) is 139 cm³/mol. The van der Waals surface area contributed by atoms with Crippen LogP contribution in [0.4, 0.5) is 5.69 Å². The molecule has 2 aromatic carbocycles. The highest BCUT2D eigenvalue weighted by Crippen LogP contribution is 2.37. The molecule has 0 unspecified atom stereocenters. The van der Waals surface area contributed by atoms with Gasteiger partial charge in [-0.2, -0.15) is 0 Å². The molecule has 2 aliphatic rings. The van der Waals surface area contributed by atoms with Gasteiger partial charge >= 0.3 is 0 Å². The van der Waals surface area contributed by atoms with Crippen LogP contribution in [0.1, 0.15) is 25.3 Å². The van der Waals surface area contributed by atoms with E-state index < -0.39 is 0 Å². The summed E-state index contributed by atoms with van der Waals surface area (Å²) in [5.41, 5.74) is 1.51. The molecule has 2 heterocycles. The maximum absolute atomic E-state index is 13.0. The number of carbonyl (C=O) groups is 2. The number of halogens is 1. The van der Waals surface area contributed by atoms with E-state index in [-0.39, 0.29) is 18.4 Å². The summed E-state index contributed by atoms with van der Waals surface area (Å²) in [6, 6.07) is 12.9. The Morgan fingerprint density at radius 2 is 1.85 bits per heavy atom. The lowest BCUT2D eigenvalue weighted by atomic mass is 10.1. The lowest BCUT2D eigenvalue weighted by Crippen LogP contribution is -2.32. The van der Waals surface area contributed by atoms with Gasteiger partial charge in [0.1, 0.15) is 0 Å². The largest absolute Gasteiger partial charge is 0.490 e. The van der Waals surface area contributed by atoms with Gasteiger partial charge in [0, 0.05) is 17.6 Å². The Hall–Kier alpha value is -2.36. The van der Waals surface area contributed by atoms with E-state index in [1.807, 2.05) is 48.2 Å². The third-order valence-corrected chi connectivity index (χ3v) is 7.08. The van der Waals surface area contributed by atoms with Gasteiger partial charge in [-0.25, -0.2) is 0 Å². The monoisotopic (exact) mass is 546 g/mol. The van der Waals surface area contributed by atoms with Crippen LogP contribution in [0.15, 0.2) is 51.8 Å². The van der Waals surface area contributed by atoms with E-state index >= 15 is 0 Å². The van der Waals surface area contributed by atoms with Gasteiger partial charge in [-0.1, -0.05) is 46.0 Å². The number of rotatable bonds is 7. The summed E-state index contributed by atoms with van der Waals surface area (Å²) in [4.78, 5) is 29.2. The van der Waals surface area contributed by atoms with Crippen LogP contribution in [-0.4, -0.2) is 47.3 Å². The molecule has 172 valence electrons. The number of likely N-dealkylation sites (tertiary alicyclic amines) is 1. The SMILES string of the molecule is CCOc1cc(/C=C2\SC(=S)N(c3ccc(Br)cc3)C2=O)ccc1OCC(=O)N1CCCC1. The predicted octanol–water partition coefficient (Wildman–Crippen LogP) is 5.25. The van der Waals surface area contributed by atoms with E-state index in [4.69, 9.17) is 21.7 Å². The van der Waals surface area contributed by atoms with Crippen molar-refractivity contribution in [2.45, 2.75) is 19.8 Å². The number of anilines is 1. The van der Waals surface area contributed by atoms with Gasteiger partial charge in [-0.15, -0.1) is 0 Å². The van der Waals surface area contributed by atoms with Crippen molar-refractivity contribution < 1.29 is 19.1 Å². The van der Waals surface area contributed by atoms with Crippen molar-refractivity contribution in [2.24, 2.45) is 0 Å². The fraction of sp³-hybridized carbons (Fsp3) is 0.292. The zero-order valence-corrected chi connectivity index (χ0v) is 21.3. The minimum atomic E-state index is -0.165. The van der Waals surface area contributed by atoms with Gasteiger partial charge in [0.15, 0.2) is 22.4 Å². The Morgan fingerprint density at radius 3 is 2.55 bits per heavy atom. The first-order chi connectivity index (χ1) is 16.0. The first-order valence-electron chi connectivity index (χ1n) is 10.7. The number of thiocarbonyl (C=S) groups is 1. The highest BCUT2D eigenvalue weighted by molar-refractivity contribution is 9.10. The normalized spacial score (nSPS) is 17.2. The first-order valence-corrected chi connectivity index (χ1v) is 12.7. The third-order valence-electron chi connectivity index (χ3n) is 5.25. The molecule has 9 heteroatoms. The fourth-order valence-corrected chi connectivity index (χ4v) is 5.19. The molecule has 2 amide bonds. The molecule has 0 aliphatic carbocycles. The number of nitrogens with zero attached hydrogens (tertiary/aromatic N) is 2. The van der Waals surface area contributed by atoms with Crippen LogP contribution < -0.4 is 14.4 Å². The zero-order valence-electron chi connectivity index (χ0n) is 18.1. The molecule has 0 saturated carbocycles. The van der Waals surface area contributed by atoms with Gasteiger partial charge in [-0.05, 0) is 67.8 Å². The molecule has 0 bridgehead atoms. The summed E-state index contributed by atoms with van der Waals surface area (Å²) in [5, 5.41) is 0. The topological polar surface area (TPSA) is 59.1 Å². The summed E-state index contributed by atoms with van der Waals surface area (Å²) >= 11 is 10.1. The van der Waals surface area contributed by atoms with E-state index in [2.05, 4.69) is 15.9 Å². The number of ether oxygens (including phenoxy) is 2. The third kappa shape index (κ3) is 5.59. The van der Waals surface area contributed by atoms with Crippen molar-refractivity contribution in [3.05, 3.63) is 57.4 Å². The molecule has 0 spiro atoms. The van der Waals surface area contributed by atoms with Gasteiger partial charge in [0.2, 0.25) is 0 Å². The second-order valence-electron chi connectivity index (χ2n) is 7.51. The first kappa shape index (κ1) is 23.8. The van der Waals surface area contributed by atoms with Crippen LogP contribution in [0.5, 0.6) is 11.5 Å². The highest BCUT2D eigenvalue weighted by Gasteiger charge is 2.33. The van der Waals surface area contributed by atoms with E-state index in [0.717, 1.165) is 41.7 Å². The van der Waals surface area contributed by atoms with Crippen molar-refractivity contribution in [1.82, 2.24) is 4.90 Å². The Kier molecular flexibility index (Phi) is 7.72. The van der Waals surface area contributed by atoms with Gasteiger partial charge < -0.3 is 14.4 Å². The molecule has 0 N–H and O–H groups in total. The van der Waals surface area contributed by atoms with Gasteiger partial charge in [0.25, 0.3) is 11.8 Å². The Bertz CT molecular complexity index is 1100. The molecule has 2 saturated heterocycles. The van der Waals surface area contributed by atoms with Crippen LogP contribution in [0.25, 0.3) is 6.08 Å². The van der Waals surface area contributed by atoms with Crippen LogP contribution in [-0.2, 0) is 9.59 Å². The van der Waals surface area contributed by atoms with Crippen molar-refractivity contribution >= 4 is 67.8 Å². The van der Waals surface area contributed by atoms with Crippen LogP contribution >= 0.6 is 39.9 Å². The summed E-state index contributed by atoms with van der Waals surface area (Å²) in [5.74, 6) is 0.852. The molecule has 6 nitrogen and oxygen atoms in total. The smallest absolute Gasteiger partial charge is 0.270 e.